The molecule has 2 N–H and O–H groups in total. The summed E-state index contributed by atoms with van der Waals surface area (Å²) in [6.07, 6.45) is 0.818. The molecular formula is C13H20FNO. The molecule has 1 unspecified atom stereocenters. The second-order valence-electron chi connectivity index (χ2n) is 5.27. The molecule has 90 valence electrons. The Balaban J connectivity index is 2.85. The fourth-order valence-electron chi connectivity index (χ4n) is 1.69. The van der Waals surface area contributed by atoms with Gasteiger partial charge in [-0.1, -0.05) is 26.8 Å². The quantitative estimate of drug-likeness (QED) is 0.856. The van der Waals surface area contributed by atoms with Crippen molar-refractivity contribution in [2.24, 2.45) is 11.1 Å². The second-order valence-corrected chi connectivity index (χ2v) is 5.27. The highest BCUT2D eigenvalue weighted by molar-refractivity contribution is 5.30. The zero-order valence-electron chi connectivity index (χ0n) is 10.4. The average Bonchev–Trinajstić information content (AvgIpc) is 2.15. The summed E-state index contributed by atoms with van der Waals surface area (Å²) < 4.78 is 18.3. The average molecular weight is 225 g/mol. The third-order valence-electron chi connectivity index (χ3n) is 2.44. The Morgan fingerprint density at radius 2 is 2.00 bits per heavy atom. The largest absolute Gasteiger partial charge is 0.494 e. The van der Waals surface area contributed by atoms with Crippen molar-refractivity contribution in [3.63, 3.8) is 0 Å². The Kier molecular flexibility index (Phi) is 3.92. The molecule has 2 nitrogen and oxygen atoms in total. The van der Waals surface area contributed by atoms with E-state index in [1.807, 2.05) is 6.07 Å². The molecule has 0 spiro atoms. The summed E-state index contributed by atoms with van der Waals surface area (Å²) in [6, 6.07) is 4.75. The van der Waals surface area contributed by atoms with Crippen LogP contribution in [0.25, 0.3) is 0 Å². The van der Waals surface area contributed by atoms with E-state index in [0.717, 1.165) is 12.0 Å². The van der Waals surface area contributed by atoms with E-state index in [2.05, 4.69) is 20.8 Å². The molecule has 1 aromatic rings. The first-order valence-corrected chi connectivity index (χ1v) is 5.42. The van der Waals surface area contributed by atoms with Crippen LogP contribution in [0.2, 0.25) is 0 Å². The Morgan fingerprint density at radius 3 is 2.44 bits per heavy atom. The molecule has 3 heteroatoms. The topological polar surface area (TPSA) is 35.2 Å². The number of hydrogen-bond donors (Lipinski definition) is 1. The summed E-state index contributed by atoms with van der Waals surface area (Å²) in [5.74, 6) is -0.101. The van der Waals surface area contributed by atoms with Crippen LogP contribution in [0.4, 0.5) is 4.39 Å². The van der Waals surface area contributed by atoms with Gasteiger partial charge >= 0.3 is 0 Å². The van der Waals surface area contributed by atoms with E-state index in [4.69, 9.17) is 10.5 Å². The van der Waals surface area contributed by atoms with Crippen LogP contribution in [0, 0.1) is 11.2 Å². The van der Waals surface area contributed by atoms with Gasteiger partial charge in [0.25, 0.3) is 0 Å². The van der Waals surface area contributed by atoms with Crippen molar-refractivity contribution in [3.05, 3.63) is 29.6 Å². The van der Waals surface area contributed by atoms with Crippen LogP contribution >= 0.6 is 0 Å². The van der Waals surface area contributed by atoms with Crippen molar-refractivity contribution in [2.75, 3.05) is 7.11 Å². The van der Waals surface area contributed by atoms with E-state index in [1.54, 1.807) is 6.07 Å². The summed E-state index contributed by atoms with van der Waals surface area (Å²) in [5, 5.41) is 0. The molecule has 0 fully saturated rings. The minimum atomic E-state index is -0.357. The van der Waals surface area contributed by atoms with Gasteiger partial charge in [-0.2, -0.15) is 0 Å². The van der Waals surface area contributed by atoms with Crippen molar-refractivity contribution in [1.29, 1.82) is 0 Å². The van der Waals surface area contributed by atoms with Gasteiger partial charge in [-0.15, -0.1) is 0 Å². The maximum absolute atomic E-state index is 13.5. The van der Waals surface area contributed by atoms with Gasteiger partial charge in [0.2, 0.25) is 0 Å². The Bertz CT molecular complexity index is 357. The van der Waals surface area contributed by atoms with Crippen molar-refractivity contribution in [3.8, 4) is 5.75 Å². The van der Waals surface area contributed by atoms with E-state index in [-0.39, 0.29) is 23.0 Å². The van der Waals surface area contributed by atoms with Gasteiger partial charge in [0.15, 0.2) is 11.6 Å². The number of nitrogens with two attached hydrogens (primary N) is 1. The zero-order valence-corrected chi connectivity index (χ0v) is 10.4. The lowest BCUT2D eigenvalue weighted by Gasteiger charge is -2.23. The van der Waals surface area contributed by atoms with Gasteiger partial charge in [-0.25, -0.2) is 4.39 Å². The molecule has 16 heavy (non-hydrogen) atoms. The van der Waals surface area contributed by atoms with Crippen LogP contribution in [-0.2, 0) is 0 Å². The first-order chi connectivity index (χ1) is 7.33. The molecule has 0 radical (unpaired) electrons. The van der Waals surface area contributed by atoms with Crippen LogP contribution in [-0.4, -0.2) is 7.11 Å². The van der Waals surface area contributed by atoms with Gasteiger partial charge in [0.05, 0.1) is 7.11 Å². The Hall–Kier alpha value is -1.09. The van der Waals surface area contributed by atoms with Gasteiger partial charge in [-0.3, -0.25) is 0 Å². The van der Waals surface area contributed by atoms with E-state index in [1.165, 1.54) is 13.2 Å². The molecule has 0 aliphatic rings. The lowest BCUT2D eigenvalue weighted by Crippen LogP contribution is -2.18. The van der Waals surface area contributed by atoms with Crippen molar-refractivity contribution >= 4 is 0 Å². The normalized spacial score (nSPS) is 13.6. The van der Waals surface area contributed by atoms with E-state index >= 15 is 0 Å². The van der Waals surface area contributed by atoms with Crippen LogP contribution in [0.1, 0.15) is 38.8 Å². The molecule has 0 aromatic heterocycles. The second kappa shape index (κ2) is 4.83. The van der Waals surface area contributed by atoms with E-state index < -0.39 is 0 Å². The number of ether oxygens (including phenoxy) is 1. The molecule has 1 aromatic carbocycles. The minimum absolute atomic E-state index is 0.135. The number of hydrogen-bond acceptors (Lipinski definition) is 2. The molecule has 0 bridgehead atoms. The highest BCUT2D eigenvalue weighted by Gasteiger charge is 2.18. The standard InChI is InChI=1S/C13H20FNO/c1-13(2,3)8-11(15)9-5-6-12(16-4)10(14)7-9/h5-7,11H,8,15H2,1-4H3. The SMILES string of the molecule is COc1ccc(C(N)CC(C)(C)C)cc1F. The number of benzene rings is 1. The summed E-state index contributed by atoms with van der Waals surface area (Å²) in [7, 11) is 1.45. The summed E-state index contributed by atoms with van der Waals surface area (Å²) in [4.78, 5) is 0. The van der Waals surface area contributed by atoms with Crippen LogP contribution in [0.5, 0.6) is 5.75 Å². The maximum Gasteiger partial charge on any atom is 0.165 e. The zero-order chi connectivity index (χ0) is 12.3. The van der Waals surface area contributed by atoms with Gasteiger partial charge in [-0.05, 0) is 29.5 Å². The first kappa shape index (κ1) is 13.0. The highest BCUT2D eigenvalue weighted by atomic mass is 19.1. The Labute approximate surface area is 96.6 Å². The molecule has 0 aliphatic carbocycles. The van der Waals surface area contributed by atoms with Gasteiger partial charge in [0.1, 0.15) is 0 Å². The summed E-state index contributed by atoms with van der Waals surface area (Å²) in [6.45, 7) is 6.35. The number of methoxy groups -OCH3 is 1. The lowest BCUT2D eigenvalue weighted by atomic mass is 9.86. The van der Waals surface area contributed by atoms with E-state index in [0.29, 0.717) is 0 Å². The smallest absolute Gasteiger partial charge is 0.165 e. The maximum atomic E-state index is 13.5. The van der Waals surface area contributed by atoms with Crippen LogP contribution < -0.4 is 10.5 Å². The number of rotatable bonds is 3. The first-order valence-electron chi connectivity index (χ1n) is 5.42. The summed E-state index contributed by atoms with van der Waals surface area (Å²) >= 11 is 0. The third kappa shape index (κ3) is 3.49. The van der Waals surface area contributed by atoms with E-state index in [9.17, 15) is 4.39 Å². The number of halogens is 1. The molecular weight excluding hydrogens is 205 g/mol. The predicted octanol–water partition coefficient (Wildman–Crippen LogP) is 3.27. The molecule has 0 heterocycles. The molecule has 1 rings (SSSR count). The highest BCUT2D eigenvalue weighted by Crippen LogP contribution is 2.29. The Morgan fingerprint density at radius 1 is 1.38 bits per heavy atom. The van der Waals surface area contributed by atoms with Crippen LogP contribution in [0.15, 0.2) is 18.2 Å². The van der Waals surface area contributed by atoms with Gasteiger partial charge in [0, 0.05) is 6.04 Å². The third-order valence-corrected chi connectivity index (χ3v) is 2.44. The molecule has 1 atom stereocenters. The fourth-order valence-corrected chi connectivity index (χ4v) is 1.69. The minimum Gasteiger partial charge on any atom is -0.494 e. The predicted molar refractivity (Wildman–Crippen MR) is 64.0 cm³/mol. The van der Waals surface area contributed by atoms with Gasteiger partial charge < -0.3 is 10.5 Å². The van der Waals surface area contributed by atoms with Crippen molar-refractivity contribution in [1.82, 2.24) is 0 Å². The summed E-state index contributed by atoms with van der Waals surface area (Å²) in [5.41, 5.74) is 6.98. The lowest BCUT2D eigenvalue weighted by molar-refractivity contribution is 0.341. The molecule has 0 amide bonds. The monoisotopic (exact) mass is 225 g/mol. The van der Waals surface area contributed by atoms with Crippen LogP contribution in [0.3, 0.4) is 0 Å². The molecule has 0 saturated heterocycles. The fraction of sp³-hybridized carbons (Fsp3) is 0.538. The molecule has 0 aliphatic heterocycles. The molecule has 0 saturated carbocycles. The van der Waals surface area contributed by atoms with Crippen molar-refractivity contribution in [2.45, 2.75) is 33.2 Å². The van der Waals surface area contributed by atoms with Crippen molar-refractivity contribution < 1.29 is 9.13 Å².